The first kappa shape index (κ1) is 8.52. The highest BCUT2D eigenvalue weighted by atomic mass is 16.1. The quantitative estimate of drug-likeness (QED) is 0.677. The summed E-state index contributed by atoms with van der Waals surface area (Å²) in [5.74, 6) is 0. The summed E-state index contributed by atoms with van der Waals surface area (Å²) in [6.45, 7) is 1.75. The third kappa shape index (κ3) is 1.17. The van der Waals surface area contributed by atoms with E-state index in [4.69, 9.17) is 5.26 Å². The minimum absolute atomic E-state index is 0.0177. The number of nitrogens with one attached hydrogen (secondary N) is 1. The Labute approximate surface area is 80.6 Å². The van der Waals surface area contributed by atoms with Crippen molar-refractivity contribution in [2.45, 2.75) is 6.92 Å². The third-order valence-corrected chi connectivity index (χ3v) is 2.20. The average Bonchev–Trinajstić information content (AvgIpc) is 2.23. The molecule has 1 aromatic carbocycles. The molecule has 1 heterocycles. The van der Waals surface area contributed by atoms with Crippen LogP contribution in [0.5, 0.6) is 0 Å². The Kier molecular flexibility index (Phi) is 1.83. The van der Waals surface area contributed by atoms with E-state index in [0.717, 1.165) is 5.52 Å². The van der Waals surface area contributed by atoms with Crippen molar-refractivity contribution in [1.82, 2.24) is 4.98 Å². The van der Waals surface area contributed by atoms with Crippen LogP contribution in [0.4, 0.5) is 0 Å². The highest BCUT2D eigenvalue weighted by Gasteiger charge is 2.01. The molecule has 14 heavy (non-hydrogen) atoms. The summed E-state index contributed by atoms with van der Waals surface area (Å²) < 4.78 is 0. The van der Waals surface area contributed by atoms with Gasteiger partial charge in [-0.1, -0.05) is 0 Å². The second-order valence-electron chi connectivity index (χ2n) is 3.17. The Bertz CT molecular complexity index is 590. The molecule has 0 atom stereocenters. The van der Waals surface area contributed by atoms with Crippen molar-refractivity contribution in [3.8, 4) is 6.07 Å². The number of aromatic nitrogens is 1. The van der Waals surface area contributed by atoms with Gasteiger partial charge in [0.05, 0.1) is 11.6 Å². The summed E-state index contributed by atoms with van der Waals surface area (Å²) in [5.41, 5.74) is 1.91. The van der Waals surface area contributed by atoms with E-state index in [2.05, 4.69) is 4.98 Å². The van der Waals surface area contributed by atoms with Gasteiger partial charge in [0.25, 0.3) is 0 Å². The summed E-state index contributed by atoms with van der Waals surface area (Å²) in [6, 6.07) is 7.06. The van der Waals surface area contributed by atoms with Crippen molar-refractivity contribution in [1.29, 1.82) is 5.26 Å². The maximum Gasteiger partial charge on any atom is 0.192 e. The molecule has 2 rings (SSSR count). The number of nitriles is 1. The molecule has 1 N–H and O–H groups in total. The monoisotopic (exact) mass is 184 g/mol. The lowest BCUT2D eigenvalue weighted by molar-refractivity contribution is 1.30. The van der Waals surface area contributed by atoms with Gasteiger partial charge < -0.3 is 4.98 Å². The van der Waals surface area contributed by atoms with Crippen LogP contribution in [-0.2, 0) is 0 Å². The molecule has 0 fully saturated rings. The SMILES string of the molecule is Cc1c[nH]c2ccc(C#N)cc2c1=O. The van der Waals surface area contributed by atoms with Gasteiger partial charge in [-0.25, -0.2) is 0 Å². The number of rotatable bonds is 0. The van der Waals surface area contributed by atoms with E-state index in [1.807, 2.05) is 6.07 Å². The van der Waals surface area contributed by atoms with Gasteiger partial charge in [0.15, 0.2) is 5.43 Å². The number of nitrogens with zero attached hydrogens (tertiary/aromatic N) is 1. The average molecular weight is 184 g/mol. The van der Waals surface area contributed by atoms with Gasteiger partial charge in [-0.2, -0.15) is 5.26 Å². The van der Waals surface area contributed by atoms with Gasteiger partial charge >= 0.3 is 0 Å². The molecule has 0 radical (unpaired) electrons. The van der Waals surface area contributed by atoms with Crippen LogP contribution < -0.4 is 5.43 Å². The van der Waals surface area contributed by atoms with Gasteiger partial charge in [0, 0.05) is 22.7 Å². The molecule has 68 valence electrons. The van der Waals surface area contributed by atoms with E-state index < -0.39 is 0 Å². The Morgan fingerprint density at radius 3 is 2.93 bits per heavy atom. The number of hydrogen-bond donors (Lipinski definition) is 1. The Hall–Kier alpha value is -2.08. The van der Waals surface area contributed by atoms with Gasteiger partial charge in [-0.3, -0.25) is 4.79 Å². The molecule has 3 nitrogen and oxygen atoms in total. The standard InChI is InChI=1S/C11H8N2O/c1-7-6-13-10-3-2-8(5-12)4-9(10)11(7)14/h2-4,6H,1H3,(H,13,14). The number of fused-ring (bicyclic) bond motifs is 1. The van der Waals surface area contributed by atoms with E-state index >= 15 is 0 Å². The lowest BCUT2D eigenvalue weighted by Gasteiger charge is -1.98. The second kappa shape index (κ2) is 3.00. The van der Waals surface area contributed by atoms with Crippen LogP contribution in [0.15, 0.2) is 29.2 Å². The first-order valence-corrected chi connectivity index (χ1v) is 4.24. The molecular weight excluding hydrogens is 176 g/mol. The van der Waals surface area contributed by atoms with Crippen LogP contribution in [0.3, 0.4) is 0 Å². The number of aryl methyl sites for hydroxylation is 1. The molecule has 3 heteroatoms. The zero-order valence-corrected chi connectivity index (χ0v) is 7.66. The molecule has 1 aromatic heterocycles. The second-order valence-corrected chi connectivity index (χ2v) is 3.17. The topological polar surface area (TPSA) is 56.6 Å². The molecule has 2 aromatic rings. The van der Waals surface area contributed by atoms with Crippen LogP contribution >= 0.6 is 0 Å². The predicted molar refractivity (Wildman–Crippen MR) is 54.0 cm³/mol. The number of benzene rings is 1. The smallest absolute Gasteiger partial charge is 0.192 e. The van der Waals surface area contributed by atoms with Crippen LogP contribution in [-0.4, -0.2) is 4.98 Å². The lowest BCUT2D eigenvalue weighted by Crippen LogP contribution is -2.06. The Morgan fingerprint density at radius 1 is 1.43 bits per heavy atom. The maximum absolute atomic E-state index is 11.7. The van der Waals surface area contributed by atoms with Crippen molar-refractivity contribution in [2.75, 3.05) is 0 Å². The molecule has 0 amide bonds. The zero-order valence-electron chi connectivity index (χ0n) is 7.66. The molecular formula is C11H8N2O. The van der Waals surface area contributed by atoms with Crippen LogP contribution in [0.25, 0.3) is 10.9 Å². The minimum Gasteiger partial charge on any atom is -0.361 e. The molecule has 0 unspecified atom stereocenters. The highest BCUT2D eigenvalue weighted by Crippen LogP contribution is 2.09. The first-order chi connectivity index (χ1) is 6.72. The van der Waals surface area contributed by atoms with Crippen molar-refractivity contribution in [3.05, 3.63) is 45.7 Å². The molecule has 0 aliphatic heterocycles. The first-order valence-electron chi connectivity index (χ1n) is 4.24. The van der Waals surface area contributed by atoms with E-state index in [-0.39, 0.29) is 5.43 Å². The minimum atomic E-state index is -0.0177. The number of H-pyrrole nitrogens is 1. The highest BCUT2D eigenvalue weighted by molar-refractivity contribution is 5.80. The van der Waals surface area contributed by atoms with E-state index in [0.29, 0.717) is 16.5 Å². The van der Waals surface area contributed by atoms with Gasteiger partial charge in [-0.05, 0) is 25.1 Å². The van der Waals surface area contributed by atoms with E-state index in [1.54, 1.807) is 31.3 Å². The summed E-state index contributed by atoms with van der Waals surface area (Å²) >= 11 is 0. The molecule has 0 saturated heterocycles. The molecule has 0 aliphatic rings. The fraction of sp³-hybridized carbons (Fsp3) is 0.0909. The normalized spacial score (nSPS) is 10.0. The number of hydrogen-bond acceptors (Lipinski definition) is 2. The van der Waals surface area contributed by atoms with Gasteiger partial charge in [-0.15, -0.1) is 0 Å². The van der Waals surface area contributed by atoms with E-state index in [1.165, 1.54) is 0 Å². The fourth-order valence-corrected chi connectivity index (χ4v) is 1.39. The van der Waals surface area contributed by atoms with Gasteiger partial charge in [0.2, 0.25) is 0 Å². The van der Waals surface area contributed by atoms with Crippen molar-refractivity contribution < 1.29 is 0 Å². The van der Waals surface area contributed by atoms with Crippen LogP contribution in [0, 0.1) is 18.3 Å². The molecule has 0 bridgehead atoms. The largest absolute Gasteiger partial charge is 0.361 e. The third-order valence-electron chi connectivity index (χ3n) is 2.20. The van der Waals surface area contributed by atoms with Crippen LogP contribution in [0.1, 0.15) is 11.1 Å². The number of aromatic amines is 1. The molecule has 0 saturated carbocycles. The summed E-state index contributed by atoms with van der Waals surface area (Å²) in [5, 5.41) is 9.27. The van der Waals surface area contributed by atoms with Crippen molar-refractivity contribution in [3.63, 3.8) is 0 Å². The van der Waals surface area contributed by atoms with Crippen molar-refractivity contribution >= 4 is 10.9 Å². The fourth-order valence-electron chi connectivity index (χ4n) is 1.39. The summed E-state index contributed by atoms with van der Waals surface area (Å²) in [4.78, 5) is 14.7. The number of pyridine rings is 1. The maximum atomic E-state index is 11.7. The van der Waals surface area contributed by atoms with Crippen LogP contribution in [0.2, 0.25) is 0 Å². The summed E-state index contributed by atoms with van der Waals surface area (Å²) in [6.07, 6.45) is 1.68. The Morgan fingerprint density at radius 2 is 2.21 bits per heavy atom. The Balaban J connectivity index is 2.93. The predicted octanol–water partition coefficient (Wildman–Crippen LogP) is 1.71. The molecule has 0 aliphatic carbocycles. The molecule has 0 spiro atoms. The lowest BCUT2D eigenvalue weighted by atomic mass is 10.1. The zero-order chi connectivity index (χ0) is 10.1. The summed E-state index contributed by atoms with van der Waals surface area (Å²) in [7, 11) is 0. The van der Waals surface area contributed by atoms with Crippen molar-refractivity contribution in [2.24, 2.45) is 0 Å². The van der Waals surface area contributed by atoms with Gasteiger partial charge in [0.1, 0.15) is 0 Å². The van der Waals surface area contributed by atoms with E-state index in [9.17, 15) is 4.79 Å².